The molecule has 8 nitrogen and oxygen atoms in total. The highest BCUT2D eigenvalue weighted by atomic mass is 16.3. The molecule has 0 bridgehead atoms. The van der Waals surface area contributed by atoms with E-state index >= 15 is 0 Å². The predicted molar refractivity (Wildman–Crippen MR) is 102 cm³/mol. The van der Waals surface area contributed by atoms with Gasteiger partial charge in [0.15, 0.2) is 0 Å². The van der Waals surface area contributed by atoms with Gasteiger partial charge >= 0.3 is 0 Å². The molecule has 0 aliphatic carbocycles. The highest BCUT2D eigenvalue weighted by molar-refractivity contribution is 6.22. The maximum absolute atomic E-state index is 12.6. The molecular formula is C21H19N3O5. The van der Waals surface area contributed by atoms with Gasteiger partial charge in [0.25, 0.3) is 17.7 Å². The summed E-state index contributed by atoms with van der Waals surface area (Å²) in [5, 5.41) is 9.54. The predicted octanol–water partition coefficient (Wildman–Crippen LogP) is 0.973. The van der Waals surface area contributed by atoms with E-state index in [4.69, 9.17) is 0 Å². The largest absolute Gasteiger partial charge is 0.508 e. The zero-order chi connectivity index (χ0) is 20.5. The number of piperazine rings is 1. The first kappa shape index (κ1) is 18.7. The Kier molecular flexibility index (Phi) is 4.75. The summed E-state index contributed by atoms with van der Waals surface area (Å²) in [4.78, 5) is 54.1. The molecule has 0 atom stereocenters. The van der Waals surface area contributed by atoms with Gasteiger partial charge in [0, 0.05) is 31.7 Å². The van der Waals surface area contributed by atoms with Gasteiger partial charge in [0.1, 0.15) is 12.3 Å². The standard InChI is InChI=1S/C21H19N3O5/c25-15-5-3-4-14(12-15)19(27)23-10-8-22(9-11-23)18(26)13-24-20(28)16-6-1-2-7-17(16)21(24)29/h1-7,12,25H,8-11,13H2. The van der Waals surface area contributed by atoms with E-state index in [0.717, 1.165) is 4.90 Å². The molecule has 2 aliphatic rings. The quantitative estimate of drug-likeness (QED) is 0.784. The van der Waals surface area contributed by atoms with Crippen LogP contribution in [0.2, 0.25) is 0 Å². The number of carbonyl (C=O) groups excluding carboxylic acids is 4. The van der Waals surface area contributed by atoms with E-state index in [1.54, 1.807) is 46.2 Å². The van der Waals surface area contributed by atoms with Crippen LogP contribution in [-0.2, 0) is 4.79 Å². The van der Waals surface area contributed by atoms with E-state index in [1.165, 1.54) is 12.1 Å². The van der Waals surface area contributed by atoms with Crippen LogP contribution in [0.5, 0.6) is 5.75 Å². The van der Waals surface area contributed by atoms with Crippen molar-refractivity contribution in [2.75, 3.05) is 32.7 Å². The Bertz CT molecular complexity index is 976. The van der Waals surface area contributed by atoms with Gasteiger partial charge in [-0.2, -0.15) is 0 Å². The molecule has 1 fully saturated rings. The smallest absolute Gasteiger partial charge is 0.262 e. The molecule has 2 aromatic carbocycles. The second-order valence-corrected chi connectivity index (χ2v) is 6.97. The number of phenols is 1. The lowest BCUT2D eigenvalue weighted by molar-refractivity contribution is -0.132. The van der Waals surface area contributed by atoms with E-state index in [0.29, 0.717) is 42.9 Å². The molecular weight excluding hydrogens is 374 g/mol. The van der Waals surface area contributed by atoms with Gasteiger partial charge in [-0.3, -0.25) is 24.1 Å². The summed E-state index contributed by atoms with van der Waals surface area (Å²) >= 11 is 0. The minimum atomic E-state index is -0.461. The van der Waals surface area contributed by atoms with E-state index in [1.807, 2.05) is 0 Å². The number of aromatic hydroxyl groups is 1. The van der Waals surface area contributed by atoms with E-state index in [9.17, 15) is 24.3 Å². The van der Waals surface area contributed by atoms with E-state index in [2.05, 4.69) is 0 Å². The lowest BCUT2D eigenvalue weighted by Crippen LogP contribution is -2.53. The number of hydrogen-bond donors (Lipinski definition) is 1. The van der Waals surface area contributed by atoms with Crippen LogP contribution in [0, 0.1) is 0 Å². The summed E-state index contributed by atoms with van der Waals surface area (Å²) in [7, 11) is 0. The Morgan fingerprint density at radius 1 is 0.828 bits per heavy atom. The topological polar surface area (TPSA) is 98.2 Å². The van der Waals surface area contributed by atoms with Gasteiger partial charge in [0.05, 0.1) is 11.1 Å². The van der Waals surface area contributed by atoms with Crippen LogP contribution in [0.25, 0.3) is 0 Å². The molecule has 1 N–H and O–H groups in total. The number of phenolic OH excluding ortho intramolecular Hbond substituents is 1. The Labute approximate surface area is 166 Å². The summed E-state index contributed by atoms with van der Waals surface area (Å²) in [5.41, 5.74) is 1.01. The van der Waals surface area contributed by atoms with Crippen molar-refractivity contribution >= 4 is 23.6 Å². The van der Waals surface area contributed by atoms with Crippen LogP contribution in [0.15, 0.2) is 48.5 Å². The van der Waals surface area contributed by atoms with Crippen LogP contribution in [-0.4, -0.2) is 76.2 Å². The lowest BCUT2D eigenvalue weighted by atomic mass is 10.1. The fourth-order valence-electron chi connectivity index (χ4n) is 3.60. The molecule has 8 heteroatoms. The van der Waals surface area contributed by atoms with Crippen molar-refractivity contribution in [3.8, 4) is 5.75 Å². The third-order valence-corrected chi connectivity index (χ3v) is 5.18. The number of carbonyl (C=O) groups is 4. The Morgan fingerprint density at radius 2 is 1.41 bits per heavy atom. The monoisotopic (exact) mass is 393 g/mol. The van der Waals surface area contributed by atoms with E-state index in [-0.39, 0.29) is 24.1 Å². The third-order valence-electron chi connectivity index (χ3n) is 5.18. The van der Waals surface area contributed by atoms with Crippen molar-refractivity contribution in [1.29, 1.82) is 0 Å². The first-order valence-corrected chi connectivity index (χ1v) is 9.27. The average molecular weight is 393 g/mol. The van der Waals surface area contributed by atoms with Crippen LogP contribution in [0.1, 0.15) is 31.1 Å². The molecule has 148 valence electrons. The number of fused-ring (bicyclic) bond motifs is 1. The van der Waals surface area contributed by atoms with Crippen LogP contribution >= 0.6 is 0 Å². The van der Waals surface area contributed by atoms with Crippen LogP contribution in [0.4, 0.5) is 0 Å². The number of imide groups is 1. The first-order chi connectivity index (χ1) is 14.0. The molecule has 4 rings (SSSR count). The summed E-state index contributed by atoms with van der Waals surface area (Å²) in [6.07, 6.45) is 0. The molecule has 0 saturated carbocycles. The molecule has 29 heavy (non-hydrogen) atoms. The van der Waals surface area contributed by atoms with Crippen molar-refractivity contribution in [3.05, 3.63) is 65.2 Å². The number of amides is 4. The summed E-state index contributed by atoms with van der Waals surface area (Å²) in [6.45, 7) is 0.983. The number of nitrogens with zero attached hydrogens (tertiary/aromatic N) is 3. The zero-order valence-electron chi connectivity index (χ0n) is 15.6. The first-order valence-electron chi connectivity index (χ1n) is 9.27. The minimum Gasteiger partial charge on any atom is -0.508 e. The van der Waals surface area contributed by atoms with Gasteiger partial charge in [-0.05, 0) is 30.3 Å². The highest BCUT2D eigenvalue weighted by Gasteiger charge is 2.37. The average Bonchev–Trinajstić information content (AvgIpc) is 2.98. The maximum Gasteiger partial charge on any atom is 0.262 e. The minimum absolute atomic E-state index is 0.0191. The molecule has 0 aromatic heterocycles. The Hall–Kier alpha value is -3.68. The molecule has 0 unspecified atom stereocenters. The summed E-state index contributed by atoms with van der Waals surface area (Å²) in [5.74, 6) is -1.45. The maximum atomic E-state index is 12.6. The molecule has 1 saturated heterocycles. The van der Waals surface area contributed by atoms with Crippen LogP contribution in [0.3, 0.4) is 0 Å². The number of rotatable bonds is 3. The molecule has 0 spiro atoms. The molecule has 4 amide bonds. The molecule has 2 aliphatic heterocycles. The van der Waals surface area contributed by atoms with Gasteiger partial charge in [-0.1, -0.05) is 18.2 Å². The third kappa shape index (κ3) is 3.44. The molecule has 0 radical (unpaired) electrons. The van der Waals surface area contributed by atoms with Crippen LogP contribution < -0.4 is 0 Å². The Balaban J connectivity index is 1.36. The fraction of sp³-hybridized carbons (Fsp3) is 0.238. The summed E-state index contributed by atoms with van der Waals surface area (Å²) < 4.78 is 0. The fourth-order valence-corrected chi connectivity index (χ4v) is 3.60. The van der Waals surface area contributed by atoms with Crippen molar-refractivity contribution in [3.63, 3.8) is 0 Å². The van der Waals surface area contributed by atoms with Crippen molar-refractivity contribution in [2.45, 2.75) is 0 Å². The second kappa shape index (κ2) is 7.38. The van der Waals surface area contributed by atoms with E-state index < -0.39 is 11.8 Å². The normalized spacial score (nSPS) is 16.2. The summed E-state index contributed by atoms with van der Waals surface area (Å²) in [6, 6.07) is 12.6. The SMILES string of the molecule is O=C(CN1C(=O)c2ccccc2C1=O)N1CCN(C(=O)c2cccc(O)c2)CC1. The van der Waals surface area contributed by atoms with Gasteiger partial charge in [-0.25, -0.2) is 0 Å². The lowest BCUT2D eigenvalue weighted by Gasteiger charge is -2.35. The van der Waals surface area contributed by atoms with Gasteiger partial charge in [-0.15, -0.1) is 0 Å². The van der Waals surface area contributed by atoms with Gasteiger partial charge in [0.2, 0.25) is 5.91 Å². The molecule has 2 aromatic rings. The molecule has 2 heterocycles. The number of benzene rings is 2. The number of hydrogen-bond acceptors (Lipinski definition) is 5. The Morgan fingerprint density at radius 3 is 2.00 bits per heavy atom. The van der Waals surface area contributed by atoms with Gasteiger partial charge < -0.3 is 14.9 Å². The van der Waals surface area contributed by atoms with Crippen molar-refractivity contribution in [1.82, 2.24) is 14.7 Å². The van der Waals surface area contributed by atoms with Crippen molar-refractivity contribution in [2.24, 2.45) is 0 Å². The highest BCUT2D eigenvalue weighted by Crippen LogP contribution is 2.22. The second-order valence-electron chi connectivity index (χ2n) is 6.97. The zero-order valence-corrected chi connectivity index (χ0v) is 15.6. The van der Waals surface area contributed by atoms with Crippen molar-refractivity contribution < 1.29 is 24.3 Å².